The van der Waals surface area contributed by atoms with Crippen molar-refractivity contribution < 1.29 is 9.47 Å². The van der Waals surface area contributed by atoms with E-state index in [0.717, 1.165) is 31.0 Å². The van der Waals surface area contributed by atoms with E-state index in [9.17, 15) is 0 Å². The first kappa shape index (κ1) is 23.0. The third-order valence-electron chi connectivity index (χ3n) is 6.09. The van der Waals surface area contributed by atoms with Crippen LogP contribution in [0, 0.1) is 0 Å². The van der Waals surface area contributed by atoms with E-state index < -0.39 is 8.07 Å². The smallest absolute Gasteiger partial charge is 0.139 e. The molecule has 1 aromatic carbocycles. The second-order valence-electron chi connectivity index (χ2n) is 10.1. The molecule has 1 unspecified atom stereocenters. The van der Waals surface area contributed by atoms with Crippen molar-refractivity contribution >= 4 is 24.8 Å². The number of fused-ring (bicyclic) bond motifs is 1. The SMILES string of the molecule is C[Si](C)(C)CCCCn1ccc2cc(N3CCOCC(OCc4ccccc4)C3)cnc21. The molecule has 4 rings (SSSR count). The minimum atomic E-state index is -0.946. The molecule has 6 heteroatoms. The summed E-state index contributed by atoms with van der Waals surface area (Å²) in [5.41, 5.74) is 3.43. The van der Waals surface area contributed by atoms with E-state index >= 15 is 0 Å². The fourth-order valence-electron chi connectivity index (χ4n) is 4.26. The van der Waals surface area contributed by atoms with Gasteiger partial charge >= 0.3 is 0 Å². The Morgan fingerprint density at radius 3 is 2.78 bits per heavy atom. The van der Waals surface area contributed by atoms with Crippen LogP contribution in [0.1, 0.15) is 18.4 Å². The van der Waals surface area contributed by atoms with Gasteiger partial charge in [-0.1, -0.05) is 62.4 Å². The molecule has 172 valence electrons. The van der Waals surface area contributed by atoms with Gasteiger partial charge in [0.25, 0.3) is 0 Å². The third kappa shape index (κ3) is 6.44. The predicted molar refractivity (Wildman–Crippen MR) is 135 cm³/mol. The van der Waals surface area contributed by atoms with Gasteiger partial charge in [0.05, 0.1) is 37.8 Å². The summed E-state index contributed by atoms with van der Waals surface area (Å²) in [6.07, 6.45) is 6.78. The molecule has 2 aromatic heterocycles. The highest BCUT2D eigenvalue weighted by Gasteiger charge is 2.20. The lowest BCUT2D eigenvalue weighted by atomic mass is 10.2. The monoisotopic (exact) mass is 451 g/mol. The number of benzene rings is 1. The molecule has 3 aromatic rings. The fourth-order valence-corrected chi connectivity index (χ4v) is 5.57. The Kier molecular flexibility index (Phi) is 7.66. The van der Waals surface area contributed by atoms with Gasteiger partial charge in [-0.15, -0.1) is 0 Å². The zero-order valence-electron chi connectivity index (χ0n) is 19.8. The van der Waals surface area contributed by atoms with Crippen molar-refractivity contribution in [3.8, 4) is 0 Å². The lowest BCUT2D eigenvalue weighted by molar-refractivity contribution is -0.00795. The number of ether oxygens (including phenoxy) is 2. The van der Waals surface area contributed by atoms with Gasteiger partial charge in [-0.2, -0.15) is 0 Å². The maximum atomic E-state index is 6.18. The third-order valence-corrected chi connectivity index (χ3v) is 7.94. The molecule has 5 nitrogen and oxygen atoms in total. The van der Waals surface area contributed by atoms with Crippen molar-refractivity contribution in [1.29, 1.82) is 0 Å². The molecule has 0 N–H and O–H groups in total. The molecular formula is C26H37N3O2Si. The summed E-state index contributed by atoms with van der Waals surface area (Å²) >= 11 is 0. The van der Waals surface area contributed by atoms with Crippen LogP contribution in [-0.2, 0) is 22.6 Å². The summed E-state index contributed by atoms with van der Waals surface area (Å²) in [4.78, 5) is 7.19. The molecular weight excluding hydrogens is 414 g/mol. The number of anilines is 1. The van der Waals surface area contributed by atoms with Gasteiger partial charge < -0.3 is 18.9 Å². The molecule has 0 saturated carbocycles. The molecule has 3 heterocycles. The number of unbranched alkanes of at least 4 members (excludes halogenated alkanes) is 1. The van der Waals surface area contributed by atoms with Crippen LogP contribution < -0.4 is 4.90 Å². The normalized spacial score (nSPS) is 17.6. The van der Waals surface area contributed by atoms with Crippen LogP contribution in [0.5, 0.6) is 0 Å². The van der Waals surface area contributed by atoms with Gasteiger partial charge in [0, 0.05) is 39.3 Å². The Morgan fingerprint density at radius 1 is 1.12 bits per heavy atom. The molecule has 0 radical (unpaired) electrons. The van der Waals surface area contributed by atoms with Crippen molar-refractivity contribution in [3.05, 3.63) is 60.4 Å². The Morgan fingerprint density at radius 2 is 1.97 bits per heavy atom. The number of aryl methyl sites for hydroxylation is 1. The first-order valence-electron chi connectivity index (χ1n) is 11.9. The summed E-state index contributed by atoms with van der Waals surface area (Å²) in [6, 6.07) is 16.2. The summed E-state index contributed by atoms with van der Waals surface area (Å²) in [6.45, 7) is 12.0. The summed E-state index contributed by atoms with van der Waals surface area (Å²) in [5, 5.41) is 1.21. The number of hydrogen-bond acceptors (Lipinski definition) is 4. The minimum absolute atomic E-state index is 0.0457. The zero-order valence-corrected chi connectivity index (χ0v) is 20.8. The largest absolute Gasteiger partial charge is 0.377 e. The molecule has 1 saturated heterocycles. The number of aromatic nitrogens is 2. The molecule has 0 aliphatic carbocycles. The van der Waals surface area contributed by atoms with Gasteiger partial charge in [-0.05, 0) is 24.1 Å². The molecule has 0 amide bonds. The van der Waals surface area contributed by atoms with Crippen LogP contribution in [0.4, 0.5) is 5.69 Å². The van der Waals surface area contributed by atoms with Crippen LogP contribution in [0.15, 0.2) is 54.9 Å². The highest BCUT2D eigenvalue weighted by molar-refractivity contribution is 6.76. The van der Waals surface area contributed by atoms with E-state index in [1.807, 2.05) is 24.4 Å². The van der Waals surface area contributed by atoms with Crippen LogP contribution >= 0.6 is 0 Å². The van der Waals surface area contributed by atoms with Gasteiger partial charge in [0.15, 0.2) is 0 Å². The Bertz CT molecular complexity index is 984. The van der Waals surface area contributed by atoms with Crippen molar-refractivity contribution in [2.45, 2.75) is 57.8 Å². The maximum absolute atomic E-state index is 6.18. The maximum Gasteiger partial charge on any atom is 0.139 e. The van der Waals surface area contributed by atoms with E-state index in [1.165, 1.54) is 29.8 Å². The molecule has 1 aliphatic heterocycles. The van der Waals surface area contributed by atoms with Crippen LogP contribution in [-0.4, -0.2) is 50.0 Å². The molecule has 0 spiro atoms. The highest BCUT2D eigenvalue weighted by Crippen LogP contribution is 2.23. The summed E-state index contributed by atoms with van der Waals surface area (Å²) in [5.74, 6) is 0. The van der Waals surface area contributed by atoms with Gasteiger partial charge in [0.1, 0.15) is 5.65 Å². The molecule has 1 atom stereocenters. The lowest BCUT2D eigenvalue weighted by Crippen LogP contribution is -2.34. The first-order chi connectivity index (χ1) is 15.5. The Balaban J connectivity index is 1.37. The molecule has 0 bridgehead atoms. The second-order valence-corrected chi connectivity index (χ2v) is 15.7. The van der Waals surface area contributed by atoms with E-state index in [0.29, 0.717) is 19.8 Å². The quantitative estimate of drug-likeness (QED) is 0.315. The first-order valence-corrected chi connectivity index (χ1v) is 15.6. The average molecular weight is 452 g/mol. The summed E-state index contributed by atoms with van der Waals surface area (Å²) in [7, 11) is -0.946. The summed E-state index contributed by atoms with van der Waals surface area (Å²) < 4.78 is 14.3. The van der Waals surface area contributed by atoms with Crippen LogP contribution in [0.3, 0.4) is 0 Å². The number of nitrogens with zero attached hydrogens (tertiary/aromatic N) is 3. The number of pyridine rings is 1. The van der Waals surface area contributed by atoms with E-state index in [-0.39, 0.29) is 6.10 Å². The lowest BCUT2D eigenvalue weighted by Gasteiger charge is -2.25. The van der Waals surface area contributed by atoms with Crippen molar-refractivity contribution in [3.63, 3.8) is 0 Å². The van der Waals surface area contributed by atoms with Crippen LogP contribution in [0.25, 0.3) is 11.0 Å². The number of rotatable bonds is 9. The second kappa shape index (κ2) is 10.6. The molecule has 32 heavy (non-hydrogen) atoms. The van der Waals surface area contributed by atoms with Crippen molar-refractivity contribution in [2.75, 3.05) is 31.2 Å². The molecule has 1 aliphatic rings. The highest BCUT2D eigenvalue weighted by atomic mass is 28.3. The van der Waals surface area contributed by atoms with Gasteiger partial charge in [0.2, 0.25) is 0 Å². The van der Waals surface area contributed by atoms with Crippen molar-refractivity contribution in [1.82, 2.24) is 9.55 Å². The average Bonchev–Trinajstić information content (AvgIpc) is 3.03. The number of hydrogen-bond donors (Lipinski definition) is 0. The van der Waals surface area contributed by atoms with Gasteiger partial charge in [-0.25, -0.2) is 4.98 Å². The zero-order chi connectivity index (χ0) is 22.4. The minimum Gasteiger partial charge on any atom is -0.377 e. The standard InChI is InChI=1S/C26H37N3O2Si/c1-32(2,3)16-8-7-12-28-13-11-23-17-24(18-27-26(23)28)29-14-15-30-21-25(19-29)31-20-22-9-5-4-6-10-22/h4-6,9-11,13,17-18,25H,7-8,12,14-16,19-21H2,1-3H3. The van der Waals surface area contributed by atoms with Gasteiger partial charge in [-0.3, -0.25) is 0 Å². The van der Waals surface area contributed by atoms with Crippen LogP contribution in [0.2, 0.25) is 25.7 Å². The van der Waals surface area contributed by atoms with E-state index in [4.69, 9.17) is 14.5 Å². The van der Waals surface area contributed by atoms with Crippen molar-refractivity contribution in [2.24, 2.45) is 0 Å². The Hall–Kier alpha value is -2.15. The fraction of sp³-hybridized carbons (Fsp3) is 0.500. The predicted octanol–water partition coefficient (Wildman–Crippen LogP) is 5.58. The molecule has 1 fully saturated rings. The topological polar surface area (TPSA) is 39.5 Å². The van der Waals surface area contributed by atoms with E-state index in [2.05, 4.69) is 59.6 Å². The van der Waals surface area contributed by atoms with E-state index in [1.54, 1.807) is 0 Å². The Labute approximate surface area is 193 Å².